The predicted octanol–water partition coefficient (Wildman–Crippen LogP) is 1.29. The third-order valence-electron chi connectivity index (χ3n) is 2.87. The number of carboxylic acids is 1. The van der Waals surface area contributed by atoms with E-state index in [4.69, 9.17) is 10.4 Å². The minimum Gasteiger partial charge on any atom is -0.480 e. The fraction of sp³-hybridized carbons (Fsp3) is 0.750. The van der Waals surface area contributed by atoms with Gasteiger partial charge in [-0.2, -0.15) is 5.26 Å². The van der Waals surface area contributed by atoms with Gasteiger partial charge in [0, 0.05) is 13.6 Å². The van der Waals surface area contributed by atoms with Gasteiger partial charge in [0.15, 0.2) is 0 Å². The molecule has 2 amide bonds. The van der Waals surface area contributed by atoms with Crippen LogP contribution in [0.3, 0.4) is 0 Å². The van der Waals surface area contributed by atoms with Gasteiger partial charge < -0.3 is 15.3 Å². The molecule has 6 nitrogen and oxygen atoms in total. The smallest absolute Gasteiger partial charge is 0.326 e. The highest BCUT2D eigenvalue weighted by molar-refractivity contribution is 5.82. The molecule has 0 aliphatic rings. The average molecular weight is 255 g/mol. The van der Waals surface area contributed by atoms with Crippen LogP contribution in [0, 0.1) is 23.2 Å². The zero-order chi connectivity index (χ0) is 14.3. The molecule has 0 aromatic rings. The summed E-state index contributed by atoms with van der Waals surface area (Å²) in [6.07, 6.45) is 0.662. The van der Waals surface area contributed by atoms with Crippen LogP contribution in [0.4, 0.5) is 4.79 Å². The summed E-state index contributed by atoms with van der Waals surface area (Å²) >= 11 is 0. The largest absolute Gasteiger partial charge is 0.480 e. The van der Waals surface area contributed by atoms with E-state index >= 15 is 0 Å². The summed E-state index contributed by atoms with van der Waals surface area (Å²) in [5.74, 6) is -1.47. The van der Waals surface area contributed by atoms with Gasteiger partial charge in [0.2, 0.25) is 0 Å². The number of carboxylic acid groups (broad SMARTS) is 1. The number of aliphatic carboxylic acids is 1. The monoisotopic (exact) mass is 255 g/mol. The van der Waals surface area contributed by atoms with Crippen LogP contribution in [-0.4, -0.2) is 41.6 Å². The van der Waals surface area contributed by atoms with E-state index in [1.54, 1.807) is 20.9 Å². The molecule has 2 N–H and O–H groups in total. The molecule has 3 atom stereocenters. The molecule has 6 heteroatoms. The van der Waals surface area contributed by atoms with Crippen LogP contribution in [-0.2, 0) is 4.79 Å². The molecule has 18 heavy (non-hydrogen) atoms. The molecule has 0 saturated carbocycles. The quantitative estimate of drug-likeness (QED) is 0.747. The van der Waals surface area contributed by atoms with Crippen molar-refractivity contribution in [1.29, 1.82) is 5.26 Å². The van der Waals surface area contributed by atoms with Gasteiger partial charge in [0.05, 0.1) is 12.0 Å². The molecule has 0 rings (SSSR count). The Morgan fingerprint density at radius 3 is 2.39 bits per heavy atom. The molecule has 0 fully saturated rings. The molecule has 0 aromatic carbocycles. The molecular weight excluding hydrogens is 234 g/mol. The molecule has 0 spiro atoms. The van der Waals surface area contributed by atoms with Crippen LogP contribution < -0.4 is 5.32 Å². The Bertz CT molecular complexity index is 338. The Morgan fingerprint density at radius 1 is 1.44 bits per heavy atom. The summed E-state index contributed by atoms with van der Waals surface area (Å²) in [7, 11) is 1.54. The van der Waals surface area contributed by atoms with Crippen LogP contribution in [0.5, 0.6) is 0 Å². The molecule has 0 aliphatic carbocycles. The van der Waals surface area contributed by atoms with Crippen molar-refractivity contribution >= 4 is 12.0 Å². The molecule has 0 aliphatic heterocycles. The highest BCUT2D eigenvalue weighted by atomic mass is 16.4. The third-order valence-corrected chi connectivity index (χ3v) is 2.87. The molecule has 2 unspecified atom stereocenters. The number of rotatable bonds is 6. The Balaban J connectivity index is 4.52. The Labute approximate surface area is 108 Å². The summed E-state index contributed by atoms with van der Waals surface area (Å²) in [5, 5.41) is 20.2. The highest BCUT2D eigenvalue weighted by Crippen LogP contribution is 2.08. The van der Waals surface area contributed by atoms with E-state index < -0.39 is 18.0 Å². The minimum atomic E-state index is -1.04. The normalized spacial score (nSPS) is 15.1. The van der Waals surface area contributed by atoms with Gasteiger partial charge in [-0.1, -0.05) is 20.3 Å². The molecule has 0 heterocycles. The zero-order valence-electron chi connectivity index (χ0n) is 11.3. The number of amides is 2. The molecular formula is C12H21N3O3. The fourth-order valence-corrected chi connectivity index (χ4v) is 1.46. The summed E-state index contributed by atoms with van der Waals surface area (Å²) in [5.41, 5.74) is 0. The van der Waals surface area contributed by atoms with Crippen LogP contribution >= 0.6 is 0 Å². The van der Waals surface area contributed by atoms with Crippen molar-refractivity contribution in [2.75, 3.05) is 13.6 Å². The van der Waals surface area contributed by atoms with Crippen molar-refractivity contribution in [3.05, 3.63) is 0 Å². The van der Waals surface area contributed by atoms with E-state index in [2.05, 4.69) is 5.32 Å². The van der Waals surface area contributed by atoms with Crippen molar-refractivity contribution in [2.45, 2.75) is 33.2 Å². The number of nitrogens with one attached hydrogen (secondary N) is 1. The summed E-state index contributed by atoms with van der Waals surface area (Å²) < 4.78 is 0. The Kier molecular flexibility index (Phi) is 6.79. The maximum atomic E-state index is 11.8. The van der Waals surface area contributed by atoms with Gasteiger partial charge in [-0.15, -0.1) is 0 Å². The lowest BCUT2D eigenvalue weighted by atomic mass is 9.99. The first-order valence-electron chi connectivity index (χ1n) is 5.97. The van der Waals surface area contributed by atoms with Crippen LogP contribution in [0.2, 0.25) is 0 Å². The lowest BCUT2D eigenvalue weighted by Gasteiger charge is -2.24. The zero-order valence-corrected chi connectivity index (χ0v) is 11.3. The first-order chi connectivity index (χ1) is 8.33. The van der Waals surface area contributed by atoms with E-state index in [9.17, 15) is 9.59 Å². The van der Waals surface area contributed by atoms with Crippen LogP contribution in [0.15, 0.2) is 0 Å². The molecule has 0 bridgehead atoms. The van der Waals surface area contributed by atoms with Crippen molar-refractivity contribution in [3.8, 4) is 6.07 Å². The summed E-state index contributed by atoms with van der Waals surface area (Å²) in [6.45, 7) is 5.62. The maximum absolute atomic E-state index is 11.8. The molecule has 0 radical (unpaired) electrons. The number of nitriles is 1. The Morgan fingerprint density at radius 2 is 2.00 bits per heavy atom. The maximum Gasteiger partial charge on any atom is 0.326 e. The fourth-order valence-electron chi connectivity index (χ4n) is 1.46. The van der Waals surface area contributed by atoms with Crippen molar-refractivity contribution in [1.82, 2.24) is 10.2 Å². The second-order valence-corrected chi connectivity index (χ2v) is 4.56. The summed E-state index contributed by atoms with van der Waals surface area (Å²) in [6, 6.07) is 0.654. The second-order valence-electron chi connectivity index (χ2n) is 4.56. The highest BCUT2D eigenvalue weighted by Gasteiger charge is 2.26. The third kappa shape index (κ3) is 5.04. The van der Waals surface area contributed by atoms with E-state index in [0.717, 1.165) is 0 Å². The van der Waals surface area contributed by atoms with E-state index in [1.807, 2.05) is 13.0 Å². The van der Waals surface area contributed by atoms with Crippen molar-refractivity contribution in [2.24, 2.45) is 11.8 Å². The second kappa shape index (κ2) is 7.54. The first-order valence-corrected chi connectivity index (χ1v) is 5.97. The van der Waals surface area contributed by atoms with Gasteiger partial charge in [0.25, 0.3) is 0 Å². The predicted molar refractivity (Wildman–Crippen MR) is 66.8 cm³/mol. The minimum absolute atomic E-state index is 0.145. The number of hydrogen-bond donors (Lipinski definition) is 2. The van der Waals surface area contributed by atoms with Gasteiger partial charge in [-0.05, 0) is 12.8 Å². The van der Waals surface area contributed by atoms with Crippen LogP contribution in [0.25, 0.3) is 0 Å². The van der Waals surface area contributed by atoms with Gasteiger partial charge in [-0.25, -0.2) is 9.59 Å². The Hall–Kier alpha value is -1.77. The number of carbonyl (C=O) groups excluding carboxylic acids is 1. The van der Waals surface area contributed by atoms with E-state index in [1.165, 1.54) is 4.90 Å². The topological polar surface area (TPSA) is 93.4 Å². The average Bonchev–Trinajstić information content (AvgIpc) is 2.33. The van der Waals surface area contributed by atoms with Crippen LogP contribution in [0.1, 0.15) is 27.2 Å². The number of nitrogens with zero attached hydrogens (tertiary/aromatic N) is 2. The van der Waals surface area contributed by atoms with Gasteiger partial charge in [0.1, 0.15) is 6.04 Å². The molecule has 102 valence electrons. The standard InChI is InChI=1S/C12H21N3O3/c1-5-9(3)10(11(16)17)14-12(18)15(4)7-8(2)6-13/h8-10H,5,7H2,1-4H3,(H,14,18)(H,16,17)/t8?,9?,10-/m0/s1. The molecule has 0 saturated heterocycles. The van der Waals surface area contributed by atoms with Crippen molar-refractivity contribution in [3.63, 3.8) is 0 Å². The SMILES string of the molecule is CCC(C)[C@H](NC(=O)N(C)CC(C)C#N)C(=O)O. The van der Waals surface area contributed by atoms with Gasteiger partial charge >= 0.3 is 12.0 Å². The number of hydrogen-bond acceptors (Lipinski definition) is 3. The first kappa shape index (κ1) is 16.2. The lowest BCUT2D eigenvalue weighted by molar-refractivity contribution is -0.140. The molecule has 0 aromatic heterocycles. The number of carbonyl (C=O) groups is 2. The van der Waals surface area contributed by atoms with E-state index in [0.29, 0.717) is 6.42 Å². The lowest BCUT2D eigenvalue weighted by Crippen LogP contribution is -2.50. The summed E-state index contributed by atoms with van der Waals surface area (Å²) in [4.78, 5) is 24.1. The van der Waals surface area contributed by atoms with E-state index in [-0.39, 0.29) is 18.4 Å². The van der Waals surface area contributed by atoms with Crippen molar-refractivity contribution < 1.29 is 14.7 Å². The van der Waals surface area contributed by atoms with Gasteiger partial charge in [-0.3, -0.25) is 0 Å². The number of urea groups is 1.